The summed E-state index contributed by atoms with van der Waals surface area (Å²) in [6.45, 7) is 0. The van der Waals surface area contributed by atoms with Gasteiger partial charge in [-0.1, -0.05) is 36.4 Å². The molecule has 0 spiro atoms. The maximum absolute atomic E-state index is 13.1. The maximum atomic E-state index is 13.1. The largest absolute Gasteiger partial charge is 0.374 e. The summed E-state index contributed by atoms with van der Waals surface area (Å²) >= 11 is 0. The monoisotopic (exact) mass is 456 g/mol. The van der Waals surface area contributed by atoms with Crippen molar-refractivity contribution in [2.45, 2.75) is 0 Å². The number of hydrogen-bond donors (Lipinski definition) is 0. The first-order valence-electron chi connectivity index (χ1n) is 9.13. The first kappa shape index (κ1) is 21.3. The van der Waals surface area contributed by atoms with Crippen LogP contribution in [0.25, 0.3) is 11.4 Å². The third-order valence-corrected chi connectivity index (χ3v) is 5.95. The molecular formula is C18H17N8O5P. The van der Waals surface area contributed by atoms with E-state index in [0.717, 1.165) is 38.8 Å². The molecule has 0 aliphatic rings. The molecule has 13 nitrogen and oxygen atoms in total. The third kappa shape index (κ3) is 3.87. The molecule has 4 aromatic rings. The highest BCUT2D eigenvalue weighted by atomic mass is 31.2. The molecule has 2 heterocycles. The van der Waals surface area contributed by atoms with Crippen LogP contribution in [0, 0.1) is 5.82 Å². The zero-order valence-corrected chi connectivity index (χ0v) is 17.8. The third-order valence-electron chi connectivity index (χ3n) is 4.38. The lowest BCUT2D eigenvalue weighted by Crippen LogP contribution is -2.34. The van der Waals surface area contributed by atoms with Gasteiger partial charge in [-0.2, -0.15) is 9.36 Å². The molecule has 2 aromatic heterocycles. The predicted octanol–water partition coefficient (Wildman–Crippen LogP) is 0.779. The molecular weight excluding hydrogens is 439 g/mol. The van der Waals surface area contributed by atoms with Crippen LogP contribution in [0.3, 0.4) is 0 Å². The second kappa shape index (κ2) is 8.67. The van der Waals surface area contributed by atoms with E-state index in [1.165, 1.54) is 0 Å². The van der Waals surface area contributed by atoms with Crippen molar-refractivity contribution in [1.82, 2.24) is 39.6 Å². The first-order chi connectivity index (χ1) is 15.5. The van der Waals surface area contributed by atoms with Gasteiger partial charge in [0.1, 0.15) is 0 Å². The fourth-order valence-electron chi connectivity index (χ4n) is 2.76. The topological polar surface area (TPSA) is 141 Å². The van der Waals surface area contributed by atoms with Crippen molar-refractivity contribution in [3.8, 4) is 11.4 Å². The molecule has 0 radical (unpaired) electrons. The van der Waals surface area contributed by atoms with E-state index in [1.807, 2.05) is 0 Å². The molecule has 0 unspecified atom stereocenters. The summed E-state index contributed by atoms with van der Waals surface area (Å²) in [7, 11) is -1.55. The Morgan fingerprint density at radius 1 is 0.750 bits per heavy atom. The van der Waals surface area contributed by atoms with Crippen LogP contribution in [0.1, 0.15) is 0 Å². The smallest absolute Gasteiger partial charge is 0.309 e. The van der Waals surface area contributed by atoms with Gasteiger partial charge in [-0.05, 0) is 45.1 Å². The Labute approximate surface area is 180 Å². The Hall–Kier alpha value is -3.93. The second-order valence-corrected chi connectivity index (χ2v) is 8.30. The van der Waals surface area contributed by atoms with Gasteiger partial charge in [0.15, 0.2) is 5.82 Å². The van der Waals surface area contributed by atoms with Crippen LogP contribution in [0.5, 0.6) is 0 Å². The molecule has 0 aliphatic carbocycles. The number of para-hydroxylation sites is 2. The lowest BCUT2D eigenvalue weighted by atomic mass is 10.3. The van der Waals surface area contributed by atoms with Crippen molar-refractivity contribution in [1.29, 1.82) is 0 Å². The van der Waals surface area contributed by atoms with Crippen LogP contribution in [0.2, 0.25) is 0 Å². The minimum atomic E-state index is -3.87. The normalized spacial score (nSPS) is 11.4. The zero-order chi connectivity index (χ0) is 22.7. The number of tetrazole rings is 2. The Bertz CT molecular complexity index is 1320. The number of hydrogen-bond acceptors (Lipinski definition) is 9. The fraction of sp³-hybridized carbons (Fsp3) is 0.111. The molecule has 2 aromatic carbocycles. The maximum Gasteiger partial charge on any atom is 0.374 e. The van der Waals surface area contributed by atoms with Crippen LogP contribution in [0.15, 0.2) is 76.1 Å². The lowest BCUT2D eigenvalue weighted by Gasteiger charge is -2.11. The molecule has 0 atom stereocenters. The molecule has 0 aliphatic heterocycles. The molecule has 0 saturated heterocycles. The Balaban J connectivity index is 1.92. The van der Waals surface area contributed by atoms with Gasteiger partial charge in [-0.25, -0.2) is 9.59 Å². The second-order valence-electron chi connectivity index (χ2n) is 6.23. The van der Waals surface area contributed by atoms with E-state index in [4.69, 9.17) is 9.05 Å². The molecule has 0 fully saturated rings. The van der Waals surface area contributed by atoms with Crippen LogP contribution in [0.4, 0.5) is 0 Å². The van der Waals surface area contributed by atoms with Crippen molar-refractivity contribution >= 4 is 7.60 Å². The van der Waals surface area contributed by atoms with E-state index < -0.39 is 19.0 Å². The number of nitrogens with zero attached hydrogens (tertiary/aromatic N) is 8. The van der Waals surface area contributed by atoms with Gasteiger partial charge in [0.2, 0.25) is 0 Å². The van der Waals surface area contributed by atoms with Gasteiger partial charge in [-0.15, -0.1) is 9.36 Å². The van der Waals surface area contributed by atoms with Gasteiger partial charge < -0.3 is 9.05 Å². The Kier molecular flexibility index (Phi) is 5.77. The predicted molar refractivity (Wildman–Crippen MR) is 111 cm³/mol. The van der Waals surface area contributed by atoms with Crippen molar-refractivity contribution in [3.05, 3.63) is 93.3 Å². The fourth-order valence-corrected chi connectivity index (χ4v) is 3.62. The summed E-state index contributed by atoms with van der Waals surface area (Å²) in [5.41, 5.74) is -0.625. The van der Waals surface area contributed by atoms with Crippen LogP contribution in [-0.2, 0) is 13.6 Å². The minimum absolute atomic E-state index is 0.323. The summed E-state index contributed by atoms with van der Waals surface area (Å²) in [6.07, 6.45) is 0. The number of rotatable bonds is 7. The molecule has 14 heteroatoms. The SMILES string of the molecule is COP(=O)(C=C(n1nnn(-c2ccccc2)c1=O)n1nnn(-c2ccccc2)c1=O)OC. The standard InChI is InChI=1S/C18H17N8O5P/c1-30-32(29,31-2)13-16(25-17(27)23(19-21-25)14-9-5-3-6-10-14)26-18(28)24(20-22-26)15-11-7-4-8-12-15/h3-13H,1-2H3. The van der Waals surface area contributed by atoms with Crippen molar-refractivity contribution < 1.29 is 13.6 Å². The molecule has 32 heavy (non-hydrogen) atoms. The summed E-state index contributed by atoms with van der Waals surface area (Å²) in [6, 6.07) is 17.0. The number of benzene rings is 2. The summed E-state index contributed by atoms with van der Waals surface area (Å²) in [4.78, 5) is 26.1. The van der Waals surface area contributed by atoms with E-state index in [0.29, 0.717) is 11.4 Å². The zero-order valence-electron chi connectivity index (χ0n) is 16.9. The van der Waals surface area contributed by atoms with Crippen LogP contribution in [-0.4, -0.2) is 53.8 Å². The lowest BCUT2D eigenvalue weighted by molar-refractivity contribution is 0.285. The minimum Gasteiger partial charge on any atom is -0.309 e. The van der Waals surface area contributed by atoms with Gasteiger partial charge in [0.05, 0.1) is 17.2 Å². The summed E-state index contributed by atoms with van der Waals surface area (Å²) in [5, 5.41) is 15.3. The van der Waals surface area contributed by atoms with Gasteiger partial charge in [-0.3, -0.25) is 4.57 Å². The molecule has 4 rings (SSSR count). The highest BCUT2D eigenvalue weighted by Crippen LogP contribution is 2.48. The average molecular weight is 456 g/mol. The molecule has 0 amide bonds. The van der Waals surface area contributed by atoms with Crippen molar-refractivity contribution in [3.63, 3.8) is 0 Å². The van der Waals surface area contributed by atoms with E-state index in [2.05, 4.69) is 20.9 Å². The summed E-state index contributed by atoms with van der Waals surface area (Å²) in [5.74, 6) is 0.625. The van der Waals surface area contributed by atoms with E-state index >= 15 is 0 Å². The Morgan fingerprint density at radius 2 is 1.16 bits per heavy atom. The Morgan fingerprint density at radius 3 is 1.53 bits per heavy atom. The molecule has 0 saturated carbocycles. The van der Waals surface area contributed by atoms with Crippen molar-refractivity contribution in [2.75, 3.05) is 14.2 Å². The first-order valence-corrected chi connectivity index (χ1v) is 10.7. The molecule has 0 N–H and O–H groups in total. The molecule has 0 bridgehead atoms. The molecule has 164 valence electrons. The highest BCUT2D eigenvalue weighted by Gasteiger charge is 2.26. The quantitative estimate of drug-likeness (QED) is 0.369. The number of aromatic nitrogens is 8. The van der Waals surface area contributed by atoms with Crippen LogP contribution < -0.4 is 11.4 Å². The van der Waals surface area contributed by atoms with Crippen molar-refractivity contribution in [2.24, 2.45) is 0 Å². The van der Waals surface area contributed by atoms with Gasteiger partial charge in [0, 0.05) is 14.2 Å². The highest BCUT2D eigenvalue weighted by molar-refractivity contribution is 7.57. The summed E-state index contributed by atoms with van der Waals surface area (Å²) < 4.78 is 26.2. The van der Waals surface area contributed by atoms with Gasteiger partial charge in [0.25, 0.3) is 0 Å². The van der Waals surface area contributed by atoms with Crippen LogP contribution >= 0.6 is 7.60 Å². The average Bonchev–Trinajstić information content (AvgIpc) is 3.41. The van der Waals surface area contributed by atoms with E-state index in [-0.39, 0.29) is 5.82 Å². The van der Waals surface area contributed by atoms with Gasteiger partial charge >= 0.3 is 19.0 Å². The van der Waals surface area contributed by atoms with E-state index in [1.54, 1.807) is 60.7 Å². The van der Waals surface area contributed by atoms with E-state index in [9.17, 15) is 14.2 Å².